The van der Waals surface area contributed by atoms with Gasteiger partial charge in [0.15, 0.2) is 17.6 Å². The number of para-hydroxylation sites is 1. The number of hydrogen-bond acceptors (Lipinski definition) is 4. The van der Waals surface area contributed by atoms with Gasteiger partial charge in [-0.3, -0.25) is 4.79 Å². The molecule has 0 saturated carbocycles. The molecule has 0 saturated heterocycles. The summed E-state index contributed by atoms with van der Waals surface area (Å²) in [5.41, 5.74) is 1.92. The molecule has 0 aliphatic carbocycles. The van der Waals surface area contributed by atoms with Crippen LogP contribution in [0, 0.1) is 6.92 Å². The Morgan fingerprint density at radius 2 is 1.64 bits per heavy atom. The molecule has 2 atom stereocenters. The van der Waals surface area contributed by atoms with Crippen LogP contribution < -0.4 is 19.5 Å². The van der Waals surface area contributed by atoms with Gasteiger partial charge in [0, 0.05) is 0 Å². The molecule has 0 radical (unpaired) electrons. The molecule has 0 aliphatic rings. The highest BCUT2D eigenvalue weighted by molar-refractivity contribution is 5.81. The van der Waals surface area contributed by atoms with E-state index in [2.05, 4.69) is 5.32 Å². The molecule has 0 fully saturated rings. The molecule has 0 unspecified atom stereocenters. The molecule has 25 heavy (non-hydrogen) atoms. The van der Waals surface area contributed by atoms with Crippen molar-refractivity contribution in [3.05, 3.63) is 53.6 Å². The van der Waals surface area contributed by atoms with E-state index in [9.17, 15) is 4.79 Å². The van der Waals surface area contributed by atoms with E-state index in [1.54, 1.807) is 21.1 Å². The van der Waals surface area contributed by atoms with Crippen LogP contribution in [0.1, 0.15) is 31.0 Å². The van der Waals surface area contributed by atoms with Gasteiger partial charge >= 0.3 is 0 Å². The fourth-order valence-corrected chi connectivity index (χ4v) is 2.47. The van der Waals surface area contributed by atoms with E-state index in [4.69, 9.17) is 14.2 Å². The largest absolute Gasteiger partial charge is 0.493 e. The summed E-state index contributed by atoms with van der Waals surface area (Å²) < 4.78 is 16.3. The normalized spacial score (nSPS) is 12.8. The maximum atomic E-state index is 12.4. The van der Waals surface area contributed by atoms with E-state index in [1.807, 2.05) is 56.3 Å². The van der Waals surface area contributed by atoms with Gasteiger partial charge in [-0.1, -0.05) is 24.3 Å². The van der Waals surface area contributed by atoms with Crippen LogP contribution in [-0.2, 0) is 4.79 Å². The maximum Gasteiger partial charge on any atom is 0.261 e. The van der Waals surface area contributed by atoms with Gasteiger partial charge in [0.2, 0.25) is 0 Å². The molecule has 1 N–H and O–H groups in total. The Morgan fingerprint density at radius 3 is 2.28 bits per heavy atom. The highest BCUT2D eigenvalue weighted by Crippen LogP contribution is 2.30. The van der Waals surface area contributed by atoms with Crippen LogP contribution in [0.5, 0.6) is 17.2 Å². The van der Waals surface area contributed by atoms with Gasteiger partial charge in [-0.15, -0.1) is 0 Å². The topological polar surface area (TPSA) is 56.8 Å². The van der Waals surface area contributed by atoms with Crippen molar-refractivity contribution in [2.24, 2.45) is 0 Å². The summed E-state index contributed by atoms with van der Waals surface area (Å²) in [6.07, 6.45) is -0.594. The van der Waals surface area contributed by atoms with Gasteiger partial charge in [0.1, 0.15) is 5.75 Å². The predicted octanol–water partition coefficient (Wildman–Crippen LogP) is 3.66. The molecule has 5 nitrogen and oxygen atoms in total. The zero-order valence-corrected chi connectivity index (χ0v) is 15.3. The Kier molecular flexibility index (Phi) is 6.28. The lowest BCUT2D eigenvalue weighted by molar-refractivity contribution is -0.127. The zero-order chi connectivity index (χ0) is 18.4. The highest BCUT2D eigenvalue weighted by Gasteiger charge is 2.19. The number of methoxy groups -OCH3 is 2. The van der Waals surface area contributed by atoms with E-state index in [0.717, 1.165) is 11.1 Å². The molecule has 0 heterocycles. The summed E-state index contributed by atoms with van der Waals surface area (Å²) in [5, 5.41) is 2.96. The van der Waals surface area contributed by atoms with E-state index in [1.165, 1.54) is 0 Å². The summed E-state index contributed by atoms with van der Waals surface area (Å²) in [6.45, 7) is 5.61. The van der Waals surface area contributed by atoms with Gasteiger partial charge in [0.25, 0.3) is 5.91 Å². The Hall–Kier alpha value is -2.69. The first-order chi connectivity index (χ1) is 12.0. The molecule has 2 rings (SSSR count). The molecule has 0 aromatic heterocycles. The fraction of sp³-hybridized carbons (Fsp3) is 0.350. The van der Waals surface area contributed by atoms with Crippen molar-refractivity contribution >= 4 is 5.91 Å². The monoisotopic (exact) mass is 343 g/mol. The molecule has 0 aliphatic heterocycles. The molecule has 5 heteroatoms. The first-order valence-corrected chi connectivity index (χ1v) is 8.20. The Balaban J connectivity index is 2.03. The number of ether oxygens (including phenoxy) is 3. The van der Waals surface area contributed by atoms with Crippen LogP contribution in [0.4, 0.5) is 0 Å². The Labute approximate surface area is 148 Å². The summed E-state index contributed by atoms with van der Waals surface area (Å²) >= 11 is 0. The van der Waals surface area contributed by atoms with Crippen molar-refractivity contribution in [2.75, 3.05) is 14.2 Å². The van der Waals surface area contributed by atoms with E-state index in [0.29, 0.717) is 17.2 Å². The summed E-state index contributed by atoms with van der Waals surface area (Å²) in [7, 11) is 3.18. The Morgan fingerprint density at radius 1 is 0.960 bits per heavy atom. The average Bonchev–Trinajstić information content (AvgIpc) is 2.62. The third kappa shape index (κ3) is 4.66. The summed E-state index contributed by atoms with van der Waals surface area (Å²) in [5.74, 6) is 1.82. The van der Waals surface area contributed by atoms with E-state index < -0.39 is 6.10 Å². The molecule has 2 aromatic carbocycles. The standard InChI is InChI=1S/C20H25NO4/c1-13-8-6-7-9-17(13)25-15(3)20(22)21-14(2)16-10-11-18(23-4)19(12-16)24-5/h6-12,14-15H,1-5H3,(H,21,22)/t14-,15+/m0/s1. The van der Waals surface area contributed by atoms with Gasteiger partial charge in [-0.2, -0.15) is 0 Å². The third-order valence-electron chi connectivity index (χ3n) is 4.03. The summed E-state index contributed by atoms with van der Waals surface area (Å²) in [4.78, 5) is 12.4. The predicted molar refractivity (Wildman–Crippen MR) is 97.4 cm³/mol. The van der Waals surface area contributed by atoms with Crippen molar-refractivity contribution in [1.82, 2.24) is 5.32 Å². The van der Waals surface area contributed by atoms with Crippen LogP contribution in [0.25, 0.3) is 0 Å². The average molecular weight is 343 g/mol. The number of hydrogen-bond donors (Lipinski definition) is 1. The number of aryl methyl sites for hydroxylation is 1. The molecular formula is C20H25NO4. The first-order valence-electron chi connectivity index (χ1n) is 8.20. The van der Waals surface area contributed by atoms with Crippen molar-refractivity contribution in [2.45, 2.75) is 32.9 Å². The first kappa shape index (κ1) is 18.6. The molecule has 0 spiro atoms. The van der Waals surface area contributed by atoms with Crippen molar-refractivity contribution in [3.63, 3.8) is 0 Å². The summed E-state index contributed by atoms with van der Waals surface area (Å²) in [6, 6.07) is 13.0. The lowest BCUT2D eigenvalue weighted by Crippen LogP contribution is -2.37. The number of rotatable bonds is 7. The second-order valence-electron chi connectivity index (χ2n) is 5.87. The third-order valence-corrected chi connectivity index (χ3v) is 4.03. The minimum absolute atomic E-state index is 0.175. The second kappa shape index (κ2) is 8.42. The lowest BCUT2D eigenvalue weighted by Gasteiger charge is -2.20. The van der Waals surface area contributed by atoms with Gasteiger partial charge in [0.05, 0.1) is 20.3 Å². The van der Waals surface area contributed by atoms with Gasteiger partial charge in [-0.05, 0) is 50.1 Å². The number of amides is 1. The van der Waals surface area contributed by atoms with Crippen molar-refractivity contribution in [3.8, 4) is 17.2 Å². The molecule has 134 valence electrons. The number of nitrogens with one attached hydrogen (secondary N) is 1. The molecule has 1 amide bonds. The Bertz CT molecular complexity index is 729. The number of carbonyl (C=O) groups is 1. The highest BCUT2D eigenvalue weighted by atomic mass is 16.5. The molecule has 0 bridgehead atoms. The van der Waals surface area contributed by atoms with Crippen LogP contribution in [0.15, 0.2) is 42.5 Å². The van der Waals surface area contributed by atoms with E-state index >= 15 is 0 Å². The minimum atomic E-state index is -0.594. The zero-order valence-electron chi connectivity index (χ0n) is 15.3. The van der Waals surface area contributed by atoms with Crippen molar-refractivity contribution < 1.29 is 19.0 Å². The number of carbonyl (C=O) groups excluding carboxylic acids is 1. The molecule has 2 aromatic rings. The van der Waals surface area contributed by atoms with Crippen molar-refractivity contribution in [1.29, 1.82) is 0 Å². The quantitative estimate of drug-likeness (QED) is 0.834. The van der Waals surface area contributed by atoms with Gasteiger partial charge in [-0.25, -0.2) is 0 Å². The smallest absolute Gasteiger partial charge is 0.261 e. The molecular weight excluding hydrogens is 318 g/mol. The van der Waals surface area contributed by atoms with Crippen LogP contribution in [0.2, 0.25) is 0 Å². The van der Waals surface area contributed by atoms with Gasteiger partial charge < -0.3 is 19.5 Å². The minimum Gasteiger partial charge on any atom is -0.493 e. The maximum absolute atomic E-state index is 12.4. The fourth-order valence-electron chi connectivity index (χ4n) is 2.47. The second-order valence-corrected chi connectivity index (χ2v) is 5.87. The number of benzene rings is 2. The van der Waals surface area contributed by atoms with Crippen LogP contribution in [0.3, 0.4) is 0 Å². The lowest BCUT2D eigenvalue weighted by atomic mass is 10.1. The SMILES string of the molecule is COc1ccc([C@H](C)NC(=O)[C@@H](C)Oc2ccccc2C)cc1OC. The van der Waals surface area contributed by atoms with E-state index in [-0.39, 0.29) is 11.9 Å². The van der Waals surface area contributed by atoms with Crippen LogP contribution >= 0.6 is 0 Å². The van der Waals surface area contributed by atoms with Crippen LogP contribution in [-0.4, -0.2) is 26.2 Å².